The van der Waals surface area contributed by atoms with Gasteiger partial charge in [0.15, 0.2) is 0 Å². The smallest absolute Gasteiger partial charge is 0.00387 e. The minimum absolute atomic E-state index is 0.321. The van der Waals surface area contributed by atoms with Crippen molar-refractivity contribution in [1.29, 1.82) is 0 Å². The molecule has 0 aromatic heterocycles. The van der Waals surface area contributed by atoms with Crippen LogP contribution in [-0.2, 0) is 0 Å². The fourth-order valence-corrected chi connectivity index (χ4v) is 1.56. The molecular formula is C11H25N. The fourth-order valence-electron chi connectivity index (χ4n) is 1.56. The molecule has 0 aliphatic heterocycles. The Morgan fingerprint density at radius 1 is 0.667 bits per heavy atom. The van der Waals surface area contributed by atoms with Crippen molar-refractivity contribution in [3.05, 3.63) is 0 Å². The summed E-state index contributed by atoms with van der Waals surface area (Å²) in [6, 6.07) is 0.321. The van der Waals surface area contributed by atoms with E-state index in [1.807, 2.05) is 0 Å². The zero-order valence-electron chi connectivity index (χ0n) is 9.46. The van der Waals surface area contributed by atoms with Gasteiger partial charge < -0.3 is 5.73 Å². The molecule has 0 spiro atoms. The first-order valence-corrected chi connectivity index (χ1v) is 5.13. The van der Waals surface area contributed by atoms with Gasteiger partial charge in [0.2, 0.25) is 0 Å². The lowest BCUT2D eigenvalue weighted by molar-refractivity contribution is 0.204. The Morgan fingerprint density at radius 2 is 1.08 bits per heavy atom. The normalized spacial score (nSPS) is 22.0. The van der Waals surface area contributed by atoms with E-state index in [1.54, 1.807) is 0 Å². The fraction of sp³-hybridized carbons (Fsp3) is 1.00. The first-order valence-electron chi connectivity index (χ1n) is 5.13. The maximum absolute atomic E-state index is 5.87. The molecular weight excluding hydrogens is 146 g/mol. The average molecular weight is 171 g/mol. The summed E-state index contributed by atoms with van der Waals surface area (Å²) in [5.74, 6) is 2.89. The highest BCUT2D eigenvalue weighted by Crippen LogP contribution is 2.27. The van der Waals surface area contributed by atoms with Crippen molar-refractivity contribution in [2.75, 3.05) is 0 Å². The predicted octanol–water partition coefficient (Wildman–Crippen LogP) is 2.90. The van der Waals surface area contributed by atoms with Crippen LogP contribution in [0.5, 0.6) is 0 Å². The number of rotatable bonds is 4. The molecule has 0 bridgehead atoms. The third-order valence-corrected chi connectivity index (χ3v) is 3.54. The summed E-state index contributed by atoms with van der Waals surface area (Å²) in [7, 11) is 0. The molecule has 0 radical (unpaired) electrons. The Hall–Kier alpha value is -0.0400. The number of nitrogens with two attached hydrogens (primary N) is 1. The van der Waals surface area contributed by atoms with E-state index >= 15 is 0 Å². The van der Waals surface area contributed by atoms with Gasteiger partial charge in [-0.05, 0) is 30.6 Å². The van der Waals surface area contributed by atoms with Crippen molar-refractivity contribution in [1.82, 2.24) is 0 Å². The van der Waals surface area contributed by atoms with Crippen LogP contribution in [0.15, 0.2) is 0 Å². The predicted molar refractivity (Wildman–Crippen MR) is 56.0 cm³/mol. The zero-order chi connectivity index (χ0) is 9.89. The van der Waals surface area contributed by atoms with Crippen LogP contribution in [0.1, 0.15) is 41.5 Å². The van der Waals surface area contributed by atoms with E-state index in [-0.39, 0.29) is 0 Å². The lowest BCUT2D eigenvalue weighted by Gasteiger charge is -2.31. The van der Waals surface area contributed by atoms with Crippen LogP contribution < -0.4 is 5.73 Å². The van der Waals surface area contributed by atoms with Gasteiger partial charge >= 0.3 is 0 Å². The lowest BCUT2D eigenvalue weighted by atomic mass is 9.77. The molecule has 1 heteroatoms. The lowest BCUT2D eigenvalue weighted by Crippen LogP contribution is -2.33. The Balaban J connectivity index is 4.08. The number of hydrogen-bond donors (Lipinski definition) is 1. The minimum Gasteiger partial charge on any atom is -0.328 e. The van der Waals surface area contributed by atoms with Crippen LogP contribution >= 0.6 is 0 Å². The summed E-state index contributed by atoms with van der Waals surface area (Å²) < 4.78 is 0. The van der Waals surface area contributed by atoms with E-state index in [0.717, 1.165) is 17.8 Å². The Morgan fingerprint density at radius 3 is 1.33 bits per heavy atom. The highest BCUT2D eigenvalue weighted by atomic mass is 14.6. The van der Waals surface area contributed by atoms with E-state index in [9.17, 15) is 0 Å². The van der Waals surface area contributed by atoms with Gasteiger partial charge in [0, 0.05) is 6.04 Å². The first kappa shape index (κ1) is 12.0. The summed E-state index contributed by atoms with van der Waals surface area (Å²) in [4.78, 5) is 0. The molecule has 12 heavy (non-hydrogen) atoms. The molecule has 0 aliphatic rings. The molecule has 0 rings (SSSR count). The van der Waals surface area contributed by atoms with Crippen LogP contribution in [0.25, 0.3) is 0 Å². The monoisotopic (exact) mass is 171 g/mol. The van der Waals surface area contributed by atoms with E-state index in [1.165, 1.54) is 0 Å². The molecule has 0 amide bonds. The average Bonchev–Trinajstić information content (AvgIpc) is 2.00. The van der Waals surface area contributed by atoms with E-state index in [0.29, 0.717) is 12.0 Å². The molecule has 0 saturated carbocycles. The molecule has 0 fully saturated rings. The first-order chi connectivity index (χ1) is 5.37. The minimum atomic E-state index is 0.321. The molecule has 0 aliphatic carbocycles. The summed E-state index contributed by atoms with van der Waals surface area (Å²) in [6.45, 7) is 13.6. The molecule has 0 saturated heterocycles. The maximum Gasteiger partial charge on any atom is 0.00387 e. The van der Waals surface area contributed by atoms with Crippen molar-refractivity contribution in [2.24, 2.45) is 29.4 Å². The summed E-state index contributed by atoms with van der Waals surface area (Å²) in [5.41, 5.74) is 5.87. The standard InChI is InChI=1S/C11H25N/c1-7(2)8(3)9(4)10(5)11(6)12/h7-11H,12H2,1-6H3. The van der Waals surface area contributed by atoms with Crippen LogP contribution in [0.3, 0.4) is 0 Å². The van der Waals surface area contributed by atoms with E-state index in [4.69, 9.17) is 5.73 Å². The van der Waals surface area contributed by atoms with Gasteiger partial charge in [-0.1, -0.05) is 34.6 Å². The third kappa shape index (κ3) is 3.14. The van der Waals surface area contributed by atoms with E-state index < -0.39 is 0 Å². The largest absolute Gasteiger partial charge is 0.328 e. The van der Waals surface area contributed by atoms with Gasteiger partial charge in [-0.2, -0.15) is 0 Å². The van der Waals surface area contributed by atoms with E-state index in [2.05, 4.69) is 41.5 Å². The van der Waals surface area contributed by atoms with Gasteiger partial charge in [0.05, 0.1) is 0 Å². The molecule has 1 nitrogen and oxygen atoms in total. The Labute approximate surface area is 77.7 Å². The molecule has 0 heterocycles. The third-order valence-electron chi connectivity index (χ3n) is 3.54. The highest BCUT2D eigenvalue weighted by Gasteiger charge is 2.23. The quantitative estimate of drug-likeness (QED) is 0.691. The van der Waals surface area contributed by atoms with Crippen LogP contribution in [0.2, 0.25) is 0 Å². The van der Waals surface area contributed by atoms with Gasteiger partial charge in [-0.3, -0.25) is 0 Å². The Kier molecular flexibility index (Phi) is 4.84. The molecule has 4 atom stereocenters. The summed E-state index contributed by atoms with van der Waals surface area (Å²) in [6.07, 6.45) is 0. The van der Waals surface area contributed by atoms with Crippen LogP contribution in [-0.4, -0.2) is 6.04 Å². The second kappa shape index (κ2) is 4.86. The SMILES string of the molecule is CC(C)C(C)C(C)C(C)C(C)N. The molecule has 4 unspecified atom stereocenters. The van der Waals surface area contributed by atoms with Gasteiger partial charge in [0.25, 0.3) is 0 Å². The van der Waals surface area contributed by atoms with Crippen molar-refractivity contribution in [2.45, 2.75) is 47.6 Å². The van der Waals surface area contributed by atoms with Crippen molar-refractivity contribution in [3.63, 3.8) is 0 Å². The maximum atomic E-state index is 5.87. The van der Waals surface area contributed by atoms with Crippen molar-refractivity contribution in [3.8, 4) is 0 Å². The molecule has 0 aromatic rings. The molecule has 2 N–H and O–H groups in total. The van der Waals surface area contributed by atoms with Gasteiger partial charge in [-0.25, -0.2) is 0 Å². The van der Waals surface area contributed by atoms with Gasteiger partial charge in [0.1, 0.15) is 0 Å². The summed E-state index contributed by atoms with van der Waals surface area (Å²) in [5, 5.41) is 0. The van der Waals surface area contributed by atoms with Crippen LogP contribution in [0, 0.1) is 23.7 Å². The molecule has 0 aromatic carbocycles. The van der Waals surface area contributed by atoms with Crippen molar-refractivity contribution >= 4 is 0 Å². The Bertz CT molecular complexity index is 104. The van der Waals surface area contributed by atoms with Crippen molar-refractivity contribution < 1.29 is 0 Å². The van der Waals surface area contributed by atoms with Crippen LogP contribution in [0.4, 0.5) is 0 Å². The second-order valence-electron chi connectivity index (χ2n) is 4.68. The topological polar surface area (TPSA) is 26.0 Å². The highest BCUT2D eigenvalue weighted by molar-refractivity contribution is 4.75. The molecule has 74 valence electrons. The second-order valence-corrected chi connectivity index (χ2v) is 4.68. The number of hydrogen-bond acceptors (Lipinski definition) is 1. The summed E-state index contributed by atoms with van der Waals surface area (Å²) >= 11 is 0. The zero-order valence-corrected chi connectivity index (χ0v) is 9.46. The van der Waals surface area contributed by atoms with Gasteiger partial charge in [-0.15, -0.1) is 0 Å².